The van der Waals surface area contributed by atoms with Crippen LogP contribution in [0.15, 0.2) is 4.52 Å². The number of piperidine rings is 1. The molecule has 17 heavy (non-hydrogen) atoms. The van der Waals surface area contributed by atoms with Crippen LogP contribution in [0.3, 0.4) is 0 Å². The Labute approximate surface area is 102 Å². The molecule has 1 N–H and O–H groups in total. The third kappa shape index (κ3) is 4.09. The second-order valence-electron chi connectivity index (χ2n) is 4.56. The Morgan fingerprint density at radius 3 is 3.00 bits per heavy atom. The second kappa shape index (κ2) is 6.71. The smallest absolute Gasteiger partial charge is 0.252 e. The van der Waals surface area contributed by atoms with E-state index in [0.29, 0.717) is 18.4 Å². The van der Waals surface area contributed by atoms with Crippen molar-refractivity contribution in [1.82, 2.24) is 15.5 Å². The van der Waals surface area contributed by atoms with Gasteiger partial charge in [-0.15, -0.1) is 0 Å². The molecule has 0 bridgehead atoms. The van der Waals surface area contributed by atoms with E-state index in [9.17, 15) is 0 Å². The Balaban J connectivity index is 1.66. The standard InChI is InChI=1S/C12H21N3O2/c1-2-3-11-14-12(17-15-11)9-16-8-10-4-6-13-7-5-10/h10,13H,2-9H2,1H3. The Bertz CT molecular complexity index is 321. The van der Waals surface area contributed by atoms with Crippen molar-refractivity contribution in [2.45, 2.75) is 39.2 Å². The van der Waals surface area contributed by atoms with E-state index in [-0.39, 0.29) is 0 Å². The molecule has 1 aromatic heterocycles. The zero-order valence-corrected chi connectivity index (χ0v) is 10.4. The minimum absolute atomic E-state index is 0.445. The van der Waals surface area contributed by atoms with Gasteiger partial charge >= 0.3 is 0 Å². The van der Waals surface area contributed by atoms with E-state index in [4.69, 9.17) is 9.26 Å². The molecule has 2 rings (SSSR count). The minimum atomic E-state index is 0.445. The summed E-state index contributed by atoms with van der Waals surface area (Å²) in [6.45, 7) is 5.56. The summed E-state index contributed by atoms with van der Waals surface area (Å²) in [5.41, 5.74) is 0. The fraction of sp³-hybridized carbons (Fsp3) is 0.833. The molecule has 5 heteroatoms. The highest BCUT2D eigenvalue weighted by atomic mass is 16.5. The van der Waals surface area contributed by atoms with E-state index in [1.54, 1.807) is 0 Å². The van der Waals surface area contributed by atoms with Gasteiger partial charge in [0.05, 0.1) is 6.61 Å². The van der Waals surface area contributed by atoms with Gasteiger partial charge < -0.3 is 14.6 Å². The van der Waals surface area contributed by atoms with E-state index in [0.717, 1.165) is 38.4 Å². The molecule has 96 valence electrons. The summed E-state index contributed by atoms with van der Waals surface area (Å²) in [5.74, 6) is 2.06. The van der Waals surface area contributed by atoms with Gasteiger partial charge in [-0.1, -0.05) is 12.1 Å². The lowest BCUT2D eigenvalue weighted by Crippen LogP contribution is -2.29. The van der Waals surface area contributed by atoms with Gasteiger partial charge in [0.1, 0.15) is 6.61 Å². The fourth-order valence-corrected chi connectivity index (χ4v) is 2.04. The Hall–Kier alpha value is -0.940. The number of rotatable bonds is 6. The zero-order chi connectivity index (χ0) is 11.9. The molecule has 5 nitrogen and oxygen atoms in total. The molecule has 1 aromatic rings. The highest BCUT2D eigenvalue weighted by Crippen LogP contribution is 2.12. The number of hydrogen-bond acceptors (Lipinski definition) is 5. The first-order chi connectivity index (χ1) is 8.38. The summed E-state index contributed by atoms with van der Waals surface area (Å²) in [6.07, 6.45) is 4.31. The summed E-state index contributed by atoms with van der Waals surface area (Å²) >= 11 is 0. The summed E-state index contributed by atoms with van der Waals surface area (Å²) in [6, 6.07) is 0. The molecule has 0 spiro atoms. The van der Waals surface area contributed by atoms with Gasteiger partial charge in [-0.25, -0.2) is 0 Å². The van der Waals surface area contributed by atoms with Gasteiger partial charge in [0.25, 0.3) is 5.89 Å². The summed E-state index contributed by atoms with van der Waals surface area (Å²) in [5, 5.41) is 7.24. The molecule has 1 fully saturated rings. The van der Waals surface area contributed by atoms with Gasteiger partial charge in [0, 0.05) is 6.42 Å². The summed E-state index contributed by atoms with van der Waals surface area (Å²) in [4.78, 5) is 4.27. The molecule has 1 saturated heterocycles. The number of aryl methyl sites for hydroxylation is 1. The Kier molecular flexibility index (Phi) is 4.94. The number of nitrogens with one attached hydrogen (secondary N) is 1. The predicted octanol–water partition coefficient (Wildman–Crippen LogP) is 1.54. The average molecular weight is 239 g/mol. The first-order valence-corrected chi connectivity index (χ1v) is 6.48. The maximum Gasteiger partial charge on any atom is 0.252 e. The van der Waals surface area contributed by atoms with Crippen molar-refractivity contribution in [3.8, 4) is 0 Å². The molecule has 0 unspecified atom stereocenters. The first kappa shape index (κ1) is 12.5. The van der Waals surface area contributed by atoms with Crippen LogP contribution in [-0.2, 0) is 17.8 Å². The molecule has 1 aliphatic rings. The van der Waals surface area contributed by atoms with Crippen LogP contribution in [-0.4, -0.2) is 29.8 Å². The Morgan fingerprint density at radius 1 is 1.41 bits per heavy atom. The van der Waals surface area contributed by atoms with Crippen LogP contribution in [0.4, 0.5) is 0 Å². The highest BCUT2D eigenvalue weighted by Gasteiger charge is 2.13. The lowest BCUT2D eigenvalue weighted by atomic mass is 9.99. The van der Waals surface area contributed by atoms with Gasteiger partial charge in [0.2, 0.25) is 0 Å². The monoisotopic (exact) mass is 239 g/mol. The van der Waals surface area contributed by atoms with E-state index in [2.05, 4.69) is 22.4 Å². The second-order valence-corrected chi connectivity index (χ2v) is 4.56. The topological polar surface area (TPSA) is 60.2 Å². The van der Waals surface area contributed by atoms with Crippen LogP contribution in [0.1, 0.15) is 37.9 Å². The molecule has 1 aliphatic heterocycles. The number of aromatic nitrogens is 2. The molecule has 0 atom stereocenters. The molecule has 0 aromatic carbocycles. The van der Waals surface area contributed by atoms with Crippen LogP contribution >= 0.6 is 0 Å². The van der Waals surface area contributed by atoms with Crippen molar-refractivity contribution < 1.29 is 9.26 Å². The van der Waals surface area contributed by atoms with E-state index in [1.165, 1.54) is 12.8 Å². The fourth-order valence-electron chi connectivity index (χ4n) is 2.04. The molecule has 2 heterocycles. The molecule has 0 radical (unpaired) electrons. The van der Waals surface area contributed by atoms with Crippen LogP contribution in [0, 0.1) is 5.92 Å². The highest BCUT2D eigenvalue weighted by molar-refractivity contribution is 4.84. The normalized spacial score (nSPS) is 17.5. The van der Waals surface area contributed by atoms with E-state index >= 15 is 0 Å². The van der Waals surface area contributed by atoms with Crippen LogP contribution in [0.2, 0.25) is 0 Å². The van der Waals surface area contributed by atoms with Crippen LogP contribution in [0.25, 0.3) is 0 Å². The van der Waals surface area contributed by atoms with Gasteiger partial charge in [0.15, 0.2) is 5.82 Å². The molecule has 0 amide bonds. The quantitative estimate of drug-likeness (QED) is 0.816. The van der Waals surface area contributed by atoms with E-state index < -0.39 is 0 Å². The lowest BCUT2D eigenvalue weighted by molar-refractivity contribution is 0.0602. The van der Waals surface area contributed by atoms with Crippen LogP contribution < -0.4 is 5.32 Å². The maximum atomic E-state index is 5.63. The van der Waals surface area contributed by atoms with Crippen molar-refractivity contribution >= 4 is 0 Å². The molecule has 0 saturated carbocycles. The van der Waals surface area contributed by atoms with Crippen molar-refractivity contribution in [3.05, 3.63) is 11.7 Å². The van der Waals surface area contributed by atoms with Gasteiger partial charge in [-0.3, -0.25) is 0 Å². The van der Waals surface area contributed by atoms with Crippen LogP contribution in [0.5, 0.6) is 0 Å². The Morgan fingerprint density at radius 2 is 2.24 bits per heavy atom. The number of nitrogens with zero attached hydrogens (tertiary/aromatic N) is 2. The zero-order valence-electron chi connectivity index (χ0n) is 10.4. The summed E-state index contributed by atoms with van der Waals surface area (Å²) < 4.78 is 10.7. The van der Waals surface area contributed by atoms with Crippen molar-refractivity contribution in [2.75, 3.05) is 19.7 Å². The number of hydrogen-bond donors (Lipinski definition) is 1. The van der Waals surface area contributed by atoms with Gasteiger partial charge in [-0.05, 0) is 38.3 Å². The van der Waals surface area contributed by atoms with Crippen molar-refractivity contribution in [3.63, 3.8) is 0 Å². The number of ether oxygens (including phenoxy) is 1. The molecule has 0 aliphatic carbocycles. The minimum Gasteiger partial charge on any atom is -0.371 e. The van der Waals surface area contributed by atoms with Gasteiger partial charge in [-0.2, -0.15) is 4.98 Å². The third-order valence-corrected chi connectivity index (χ3v) is 3.02. The van der Waals surface area contributed by atoms with Crippen molar-refractivity contribution in [1.29, 1.82) is 0 Å². The summed E-state index contributed by atoms with van der Waals surface area (Å²) in [7, 11) is 0. The van der Waals surface area contributed by atoms with Crippen molar-refractivity contribution in [2.24, 2.45) is 5.92 Å². The van der Waals surface area contributed by atoms with E-state index in [1.807, 2.05) is 0 Å². The first-order valence-electron chi connectivity index (χ1n) is 6.48. The average Bonchev–Trinajstić information content (AvgIpc) is 2.79. The third-order valence-electron chi connectivity index (χ3n) is 3.02. The lowest BCUT2D eigenvalue weighted by Gasteiger charge is -2.21. The molecular formula is C12H21N3O2. The SMILES string of the molecule is CCCc1noc(COCC2CCNCC2)n1. The molecular weight excluding hydrogens is 218 g/mol. The predicted molar refractivity (Wildman–Crippen MR) is 63.5 cm³/mol. The maximum absolute atomic E-state index is 5.63. The largest absolute Gasteiger partial charge is 0.371 e.